The van der Waals surface area contributed by atoms with Gasteiger partial charge in [0.15, 0.2) is 0 Å². The fourth-order valence-electron chi connectivity index (χ4n) is 2.21. The first kappa shape index (κ1) is 15.2. The van der Waals surface area contributed by atoms with Crippen molar-refractivity contribution in [3.63, 3.8) is 0 Å². The average molecular weight is 249 g/mol. The summed E-state index contributed by atoms with van der Waals surface area (Å²) in [5.41, 5.74) is 2.82. The van der Waals surface area contributed by atoms with Crippen molar-refractivity contribution in [2.24, 2.45) is 0 Å². The van der Waals surface area contributed by atoms with Crippen molar-refractivity contribution in [2.75, 3.05) is 20.3 Å². The first-order valence-electron chi connectivity index (χ1n) is 7.13. The standard InChI is InChI=1S/C16H27NO/c1-4-14-9-11-15(12-10-14)16(17-5-2)8-6-7-13-18-3/h9-12,16-17H,4-8,13H2,1-3H3. The molecule has 0 aromatic heterocycles. The topological polar surface area (TPSA) is 21.3 Å². The molecule has 1 N–H and O–H groups in total. The Morgan fingerprint density at radius 3 is 2.39 bits per heavy atom. The van der Waals surface area contributed by atoms with Crippen molar-refractivity contribution < 1.29 is 4.74 Å². The number of hydrogen-bond acceptors (Lipinski definition) is 2. The molecule has 0 amide bonds. The third kappa shape index (κ3) is 5.19. The lowest BCUT2D eigenvalue weighted by Crippen LogP contribution is -2.21. The molecule has 1 rings (SSSR count). The maximum Gasteiger partial charge on any atom is 0.0462 e. The monoisotopic (exact) mass is 249 g/mol. The molecule has 0 saturated carbocycles. The summed E-state index contributed by atoms with van der Waals surface area (Å²) in [7, 11) is 1.77. The van der Waals surface area contributed by atoms with Gasteiger partial charge in [0.25, 0.3) is 0 Å². The second-order valence-electron chi connectivity index (χ2n) is 4.69. The Morgan fingerprint density at radius 2 is 1.83 bits per heavy atom. The highest BCUT2D eigenvalue weighted by Gasteiger charge is 2.09. The summed E-state index contributed by atoms with van der Waals surface area (Å²) in [6.45, 7) is 6.25. The molecule has 18 heavy (non-hydrogen) atoms. The van der Waals surface area contributed by atoms with Crippen molar-refractivity contribution in [2.45, 2.75) is 45.6 Å². The largest absolute Gasteiger partial charge is 0.385 e. The number of hydrogen-bond donors (Lipinski definition) is 1. The van der Waals surface area contributed by atoms with Crippen LogP contribution in [-0.4, -0.2) is 20.3 Å². The molecule has 0 saturated heterocycles. The first-order valence-corrected chi connectivity index (χ1v) is 7.13. The summed E-state index contributed by atoms with van der Waals surface area (Å²) < 4.78 is 5.10. The minimum Gasteiger partial charge on any atom is -0.385 e. The fourth-order valence-corrected chi connectivity index (χ4v) is 2.21. The van der Waals surface area contributed by atoms with E-state index in [2.05, 4.69) is 43.4 Å². The van der Waals surface area contributed by atoms with E-state index in [0.717, 1.165) is 26.0 Å². The predicted octanol–water partition coefficient (Wildman–Crippen LogP) is 3.72. The molecule has 0 radical (unpaired) electrons. The molecule has 1 aromatic carbocycles. The van der Waals surface area contributed by atoms with Crippen LogP contribution in [-0.2, 0) is 11.2 Å². The molecule has 0 bridgehead atoms. The number of unbranched alkanes of at least 4 members (excludes halogenated alkanes) is 1. The van der Waals surface area contributed by atoms with Crippen molar-refractivity contribution >= 4 is 0 Å². The molecule has 1 aromatic rings. The van der Waals surface area contributed by atoms with Gasteiger partial charge in [-0.2, -0.15) is 0 Å². The Morgan fingerprint density at radius 1 is 1.11 bits per heavy atom. The van der Waals surface area contributed by atoms with E-state index in [1.807, 2.05) is 0 Å². The Kier molecular flexibility index (Phi) is 7.70. The molecule has 1 unspecified atom stereocenters. The molecular weight excluding hydrogens is 222 g/mol. The summed E-state index contributed by atoms with van der Waals surface area (Å²) in [6.07, 6.45) is 4.65. The maximum absolute atomic E-state index is 5.10. The van der Waals surface area contributed by atoms with Crippen LogP contribution in [0.4, 0.5) is 0 Å². The highest BCUT2D eigenvalue weighted by Crippen LogP contribution is 2.20. The van der Waals surface area contributed by atoms with Crippen LogP contribution in [0.5, 0.6) is 0 Å². The summed E-state index contributed by atoms with van der Waals surface area (Å²) in [6, 6.07) is 9.51. The molecule has 2 heteroatoms. The highest BCUT2D eigenvalue weighted by atomic mass is 16.5. The van der Waals surface area contributed by atoms with Gasteiger partial charge in [0.1, 0.15) is 0 Å². The van der Waals surface area contributed by atoms with Crippen LogP contribution in [0.25, 0.3) is 0 Å². The van der Waals surface area contributed by atoms with E-state index in [-0.39, 0.29) is 0 Å². The fraction of sp³-hybridized carbons (Fsp3) is 0.625. The molecule has 2 nitrogen and oxygen atoms in total. The van der Waals surface area contributed by atoms with Crippen LogP contribution in [0, 0.1) is 0 Å². The van der Waals surface area contributed by atoms with Crippen LogP contribution < -0.4 is 5.32 Å². The molecular formula is C16H27NO. The number of rotatable bonds is 9. The zero-order chi connectivity index (χ0) is 13.2. The van der Waals surface area contributed by atoms with E-state index in [9.17, 15) is 0 Å². The lowest BCUT2D eigenvalue weighted by atomic mass is 9.99. The molecule has 1 atom stereocenters. The van der Waals surface area contributed by atoms with Gasteiger partial charge in [0, 0.05) is 19.8 Å². The van der Waals surface area contributed by atoms with Crippen LogP contribution >= 0.6 is 0 Å². The van der Waals surface area contributed by atoms with E-state index in [1.165, 1.54) is 24.0 Å². The highest BCUT2D eigenvalue weighted by molar-refractivity contribution is 5.25. The summed E-state index contributed by atoms with van der Waals surface area (Å²) in [5.74, 6) is 0. The van der Waals surface area contributed by atoms with Gasteiger partial charge in [-0.3, -0.25) is 0 Å². The molecule has 0 fully saturated rings. The van der Waals surface area contributed by atoms with Gasteiger partial charge in [-0.1, -0.05) is 38.1 Å². The van der Waals surface area contributed by atoms with Gasteiger partial charge in [-0.05, 0) is 43.4 Å². The van der Waals surface area contributed by atoms with Crippen LogP contribution in [0.1, 0.15) is 50.3 Å². The lowest BCUT2D eigenvalue weighted by molar-refractivity contribution is 0.191. The van der Waals surface area contributed by atoms with E-state index >= 15 is 0 Å². The smallest absolute Gasteiger partial charge is 0.0462 e. The van der Waals surface area contributed by atoms with Gasteiger partial charge in [-0.25, -0.2) is 0 Å². The number of methoxy groups -OCH3 is 1. The number of benzene rings is 1. The van der Waals surface area contributed by atoms with Crippen molar-refractivity contribution in [3.05, 3.63) is 35.4 Å². The second-order valence-corrected chi connectivity index (χ2v) is 4.69. The summed E-state index contributed by atoms with van der Waals surface area (Å²) in [5, 5.41) is 3.57. The number of nitrogens with one attached hydrogen (secondary N) is 1. The first-order chi connectivity index (χ1) is 8.81. The lowest BCUT2D eigenvalue weighted by Gasteiger charge is -2.18. The Labute approximate surface area is 112 Å². The zero-order valence-corrected chi connectivity index (χ0v) is 12.0. The number of aryl methyl sites for hydroxylation is 1. The van der Waals surface area contributed by atoms with Crippen LogP contribution in [0.2, 0.25) is 0 Å². The van der Waals surface area contributed by atoms with E-state index in [4.69, 9.17) is 4.74 Å². The predicted molar refractivity (Wildman–Crippen MR) is 78.0 cm³/mol. The Hall–Kier alpha value is -0.860. The van der Waals surface area contributed by atoms with Gasteiger partial charge in [0.2, 0.25) is 0 Å². The SMILES string of the molecule is CCNC(CCCCOC)c1ccc(CC)cc1. The third-order valence-electron chi connectivity index (χ3n) is 3.33. The molecule has 0 aliphatic heterocycles. The molecule has 102 valence electrons. The van der Waals surface area contributed by atoms with Gasteiger partial charge >= 0.3 is 0 Å². The van der Waals surface area contributed by atoms with E-state index in [0.29, 0.717) is 6.04 Å². The summed E-state index contributed by atoms with van der Waals surface area (Å²) >= 11 is 0. The molecule has 0 spiro atoms. The maximum atomic E-state index is 5.10. The quantitative estimate of drug-likeness (QED) is 0.674. The summed E-state index contributed by atoms with van der Waals surface area (Å²) in [4.78, 5) is 0. The Balaban J connectivity index is 2.53. The van der Waals surface area contributed by atoms with Crippen molar-refractivity contribution in [1.82, 2.24) is 5.32 Å². The third-order valence-corrected chi connectivity index (χ3v) is 3.33. The van der Waals surface area contributed by atoms with Crippen LogP contribution in [0.3, 0.4) is 0 Å². The van der Waals surface area contributed by atoms with Crippen molar-refractivity contribution in [3.8, 4) is 0 Å². The zero-order valence-electron chi connectivity index (χ0n) is 12.0. The number of ether oxygens (including phenoxy) is 1. The minimum absolute atomic E-state index is 0.484. The van der Waals surface area contributed by atoms with Gasteiger partial charge < -0.3 is 10.1 Å². The Bertz CT molecular complexity index is 307. The second kappa shape index (κ2) is 9.12. The molecule has 0 heterocycles. The van der Waals surface area contributed by atoms with Gasteiger partial charge in [0.05, 0.1) is 0 Å². The average Bonchev–Trinajstić information content (AvgIpc) is 2.42. The normalized spacial score (nSPS) is 12.6. The van der Waals surface area contributed by atoms with Crippen LogP contribution in [0.15, 0.2) is 24.3 Å². The van der Waals surface area contributed by atoms with Crippen molar-refractivity contribution in [1.29, 1.82) is 0 Å². The van der Waals surface area contributed by atoms with E-state index < -0.39 is 0 Å². The van der Waals surface area contributed by atoms with Gasteiger partial charge in [-0.15, -0.1) is 0 Å². The molecule has 0 aliphatic rings. The minimum atomic E-state index is 0.484. The van der Waals surface area contributed by atoms with E-state index in [1.54, 1.807) is 7.11 Å². The molecule has 0 aliphatic carbocycles.